The fraction of sp³-hybridized carbons (Fsp3) is 0.375. The van der Waals surface area contributed by atoms with Crippen molar-refractivity contribution in [3.05, 3.63) is 29.6 Å². The number of nitrogens with zero attached hydrogens (tertiary/aromatic N) is 1. The quantitative estimate of drug-likeness (QED) is 0.477. The molecule has 0 aliphatic rings. The van der Waals surface area contributed by atoms with Crippen LogP contribution in [0.25, 0.3) is 0 Å². The highest BCUT2D eigenvalue weighted by Crippen LogP contribution is 2.23. The molecule has 0 bridgehead atoms. The molecule has 0 saturated heterocycles. The summed E-state index contributed by atoms with van der Waals surface area (Å²) in [6, 6.07) is 3.98. The number of hydrogen-bond acceptors (Lipinski definition) is 2. The summed E-state index contributed by atoms with van der Waals surface area (Å²) >= 11 is 2.19. The van der Waals surface area contributed by atoms with Crippen LogP contribution in [0.1, 0.15) is 18.2 Å². The molecule has 0 saturated carbocycles. The van der Waals surface area contributed by atoms with Gasteiger partial charge in [0, 0.05) is 11.9 Å². The van der Waals surface area contributed by atoms with Crippen LogP contribution >= 0.6 is 22.6 Å². The van der Waals surface area contributed by atoms with Gasteiger partial charge in [-0.25, -0.2) is 0 Å². The van der Waals surface area contributed by atoms with Crippen LogP contribution in [0, 0.1) is 6.92 Å². The molecular formula is C8H11IN2. The summed E-state index contributed by atoms with van der Waals surface area (Å²) in [7, 11) is 0. The maximum absolute atomic E-state index is 5.85. The Morgan fingerprint density at radius 2 is 2.18 bits per heavy atom. The summed E-state index contributed by atoms with van der Waals surface area (Å²) in [5.41, 5.74) is 7.94. The smallest absolute Gasteiger partial charge is 0.0921 e. The molecule has 0 aromatic carbocycles. The van der Waals surface area contributed by atoms with Crippen LogP contribution in [-0.4, -0.2) is 4.98 Å². The molecule has 0 fully saturated rings. The van der Waals surface area contributed by atoms with E-state index >= 15 is 0 Å². The monoisotopic (exact) mass is 262 g/mol. The van der Waals surface area contributed by atoms with Crippen molar-refractivity contribution in [2.24, 2.45) is 5.73 Å². The first-order valence-corrected chi connectivity index (χ1v) is 4.49. The molecule has 3 heteroatoms. The highest BCUT2D eigenvalue weighted by atomic mass is 127. The number of aryl methyl sites for hydroxylation is 1. The largest absolute Gasteiger partial charge is 0.313 e. The van der Waals surface area contributed by atoms with E-state index in [-0.39, 0.29) is 3.55 Å². The van der Waals surface area contributed by atoms with Gasteiger partial charge >= 0.3 is 0 Å². The van der Waals surface area contributed by atoms with Crippen LogP contribution in [0.4, 0.5) is 0 Å². The van der Waals surface area contributed by atoms with Gasteiger partial charge in [0.1, 0.15) is 0 Å². The number of halogens is 1. The maximum Gasteiger partial charge on any atom is 0.0921 e. The molecule has 0 amide bonds. The molecule has 1 aromatic heterocycles. The van der Waals surface area contributed by atoms with Gasteiger partial charge in [0.15, 0.2) is 0 Å². The van der Waals surface area contributed by atoms with Crippen LogP contribution in [0.5, 0.6) is 0 Å². The number of hydrogen-bond donors (Lipinski definition) is 1. The minimum absolute atomic E-state index is 0.307. The van der Waals surface area contributed by atoms with E-state index in [1.165, 1.54) is 0 Å². The highest BCUT2D eigenvalue weighted by molar-refractivity contribution is 14.1. The molecule has 0 unspecified atom stereocenters. The van der Waals surface area contributed by atoms with Crippen LogP contribution in [-0.2, 0) is 3.55 Å². The Balaban J connectivity index is 2.99. The molecule has 0 aliphatic carbocycles. The molecule has 0 aliphatic heterocycles. The predicted molar refractivity (Wildman–Crippen MR) is 54.5 cm³/mol. The third-order valence-electron chi connectivity index (χ3n) is 1.48. The number of aromatic nitrogens is 1. The molecule has 1 rings (SSSR count). The van der Waals surface area contributed by atoms with E-state index in [4.69, 9.17) is 5.73 Å². The molecule has 1 aromatic rings. The fourth-order valence-corrected chi connectivity index (χ4v) is 1.08. The van der Waals surface area contributed by atoms with Gasteiger partial charge in [-0.1, -0.05) is 28.7 Å². The van der Waals surface area contributed by atoms with Crippen molar-refractivity contribution in [3.8, 4) is 0 Å². The third-order valence-corrected chi connectivity index (χ3v) is 2.10. The standard InChI is InChI=1S/C8H11IN2/c1-6-3-4-7(5-11-6)8(2,9)10/h3-5H,10H2,1-2H3/t8-/m0/s1. The molecule has 60 valence electrons. The summed E-state index contributed by atoms with van der Waals surface area (Å²) in [5.74, 6) is 0. The zero-order valence-corrected chi connectivity index (χ0v) is 8.79. The molecular weight excluding hydrogens is 251 g/mol. The van der Waals surface area contributed by atoms with E-state index in [2.05, 4.69) is 27.6 Å². The lowest BCUT2D eigenvalue weighted by atomic mass is 10.1. The van der Waals surface area contributed by atoms with E-state index in [1.807, 2.05) is 32.2 Å². The second-order valence-corrected chi connectivity index (χ2v) is 5.00. The first kappa shape index (κ1) is 8.93. The van der Waals surface area contributed by atoms with E-state index in [0.717, 1.165) is 11.3 Å². The summed E-state index contributed by atoms with van der Waals surface area (Å²) in [6.07, 6.45) is 1.82. The van der Waals surface area contributed by atoms with E-state index < -0.39 is 0 Å². The van der Waals surface area contributed by atoms with Gasteiger partial charge in [-0.3, -0.25) is 4.98 Å². The van der Waals surface area contributed by atoms with Crippen molar-refractivity contribution < 1.29 is 0 Å². The van der Waals surface area contributed by atoms with Gasteiger partial charge in [-0.15, -0.1) is 0 Å². The van der Waals surface area contributed by atoms with Crippen molar-refractivity contribution in [1.82, 2.24) is 4.98 Å². The molecule has 11 heavy (non-hydrogen) atoms. The van der Waals surface area contributed by atoms with Gasteiger partial charge in [0.2, 0.25) is 0 Å². The van der Waals surface area contributed by atoms with Crippen molar-refractivity contribution in [1.29, 1.82) is 0 Å². The Bertz CT molecular complexity index is 235. The van der Waals surface area contributed by atoms with Gasteiger partial charge in [-0.2, -0.15) is 0 Å². The molecule has 2 N–H and O–H groups in total. The Labute approximate surface area is 80.3 Å². The van der Waals surface area contributed by atoms with E-state index in [9.17, 15) is 0 Å². The van der Waals surface area contributed by atoms with Gasteiger partial charge in [0.05, 0.1) is 3.55 Å². The Kier molecular flexibility index (Phi) is 2.49. The Morgan fingerprint density at radius 3 is 2.55 bits per heavy atom. The average Bonchev–Trinajstić information content (AvgIpc) is 1.86. The predicted octanol–water partition coefficient (Wildman–Crippen LogP) is 1.96. The van der Waals surface area contributed by atoms with Crippen molar-refractivity contribution in [2.75, 3.05) is 0 Å². The summed E-state index contributed by atoms with van der Waals surface area (Å²) in [4.78, 5) is 4.16. The number of alkyl halides is 1. The van der Waals surface area contributed by atoms with E-state index in [0.29, 0.717) is 0 Å². The lowest BCUT2D eigenvalue weighted by Crippen LogP contribution is -2.24. The molecule has 1 atom stereocenters. The van der Waals surface area contributed by atoms with Crippen LogP contribution in [0.2, 0.25) is 0 Å². The SMILES string of the molecule is Cc1ccc([C@](C)(N)I)cn1. The summed E-state index contributed by atoms with van der Waals surface area (Å²) in [6.45, 7) is 3.92. The topological polar surface area (TPSA) is 38.9 Å². The molecule has 0 spiro atoms. The van der Waals surface area contributed by atoms with Crippen LogP contribution < -0.4 is 5.73 Å². The highest BCUT2D eigenvalue weighted by Gasteiger charge is 2.15. The van der Waals surface area contributed by atoms with Gasteiger partial charge in [0.25, 0.3) is 0 Å². The number of rotatable bonds is 1. The summed E-state index contributed by atoms with van der Waals surface area (Å²) < 4.78 is -0.307. The minimum Gasteiger partial charge on any atom is -0.313 e. The van der Waals surface area contributed by atoms with E-state index in [1.54, 1.807) is 0 Å². The average molecular weight is 262 g/mol. The second kappa shape index (κ2) is 3.06. The maximum atomic E-state index is 5.85. The first-order valence-electron chi connectivity index (χ1n) is 3.41. The van der Waals surface area contributed by atoms with Crippen molar-refractivity contribution >= 4 is 22.6 Å². The first-order chi connectivity index (χ1) is 5.00. The van der Waals surface area contributed by atoms with Crippen molar-refractivity contribution in [3.63, 3.8) is 0 Å². The molecule has 0 radical (unpaired) electrons. The van der Waals surface area contributed by atoms with Crippen molar-refractivity contribution in [2.45, 2.75) is 17.4 Å². The zero-order chi connectivity index (χ0) is 8.48. The lowest BCUT2D eigenvalue weighted by molar-refractivity contribution is 0.772. The lowest BCUT2D eigenvalue weighted by Gasteiger charge is -2.15. The fourth-order valence-electron chi connectivity index (χ4n) is 0.757. The second-order valence-electron chi connectivity index (χ2n) is 2.76. The number of nitrogens with two attached hydrogens (primary N) is 1. The summed E-state index contributed by atoms with van der Waals surface area (Å²) in [5, 5.41) is 0. The molecule has 1 heterocycles. The third kappa shape index (κ3) is 2.41. The minimum atomic E-state index is -0.307. The van der Waals surface area contributed by atoms with Crippen LogP contribution in [0.15, 0.2) is 18.3 Å². The normalized spacial score (nSPS) is 16.0. The Hall–Kier alpha value is -0.160. The number of pyridine rings is 1. The van der Waals surface area contributed by atoms with Crippen LogP contribution in [0.3, 0.4) is 0 Å². The zero-order valence-electron chi connectivity index (χ0n) is 6.63. The Morgan fingerprint density at radius 1 is 1.55 bits per heavy atom. The molecule has 2 nitrogen and oxygen atoms in total. The van der Waals surface area contributed by atoms with Gasteiger partial charge in [-0.05, 0) is 25.5 Å². The van der Waals surface area contributed by atoms with Gasteiger partial charge < -0.3 is 5.73 Å².